The van der Waals surface area contributed by atoms with E-state index in [4.69, 9.17) is 0 Å². The standard InChI is InChI=1S/C14H18N4/c1-11-14(17-18-9-5-2-6-10-18)16-13-8-4-3-7-12(13)15-11/h3-4,7-8H,2,5-6,9-10H2,1H3,(H,16,17). The molecule has 94 valence electrons. The second-order valence-electron chi connectivity index (χ2n) is 4.81. The molecule has 1 N–H and O–H groups in total. The Morgan fingerprint density at radius 2 is 1.67 bits per heavy atom. The summed E-state index contributed by atoms with van der Waals surface area (Å²) in [6, 6.07) is 7.99. The van der Waals surface area contributed by atoms with E-state index in [-0.39, 0.29) is 0 Å². The Labute approximate surface area is 107 Å². The van der Waals surface area contributed by atoms with E-state index in [1.54, 1.807) is 0 Å². The highest BCUT2D eigenvalue weighted by molar-refractivity contribution is 5.76. The van der Waals surface area contributed by atoms with Crippen LogP contribution in [-0.4, -0.2) is 28.1 Å². The first-order valence-electron chi connectivity index (χ1n) is 6.58. The van der Waals surface area contributed by atoms with Gasteiger partial charge < -0.3 is 5.43 Å². The third-order valence-electron chi connectivity index (χ3n) is 3.36. The fourth-order valence-electron chi connectivity index (χ4n) is 2.35. The number of fused-ring (bicyclic) bond motifs is 1. The molecule has 0 unspecified atom stereocenters. The van der Waals surface area contributed by atoms with Gasteiger partial charge >= 0.3 is 0 Å². The fraction of sp³-hybridized carbons (Fsp3) is 0.429. The number of hydrogen-bond donors (Lipinski definition) is 1. The number of benzene rings is 1. The SMILES string of the molecule is Cc1nc2ccccc2nc1NN1CCCCC1. The van der Waals surface area contributed by atoms with Gasteiger partial charge in [-0.3, -0.25) is 0 Å². The monoisotopic (exact) mass is 242 g/mol. The van der Waals surface area contributed by atoms with Crippen LogP contribution < -0.4 is 5.43 Å². The van der Waals surface area contributed by atoms with E-state index < -0.39 is 0 Å². The number of para-hydroxylation sites is 2. The molecule has 0 amide bonds. The fourth-order valence-corrected chi connectivity index (χ4v) is 2.35. The third-order valence-corrected chi connectivity index (χ3v) is 3.36. The Bertz CT molecular complexity index is 546. The minimum absolute atomic E-state index is 0.885. The van der Waals surface area contributed by atoms with Crippen LogP contribution in [0.15, 0.2) is 24.3 Å². The average molecular weight is 242 g/mol. The minimum Gasteiger partial charge on any atom is -0.302 e. The lowest BCUT2D eigenvalue weighted by Crippen LogP contribution is -2.35. The molecule has 1 aromatic carbocycles. The first-order chi connectivity index (χ1) is 8.83. The molecule has 0 saturated carbocycles. The molecule has 2 heterocycles. The second-order valence-corrected chi connectivity index (χ2v) is 4.81. The number of hydrazine groups is 1. The number of rotatable bonds is 2. The van der Waals surface area contributed by atoms with Crippen LogP contribution in [0.5, 0.6) is 0 Å². The van der Waals surface area contributed by atoms with Gasteiger partial charge in [0, 0.05) is 13.1 Å². The number of nitrogens with one attached hydrogen (secondary N) is 1. The van der Waals surface area contributed by atoms with E-state index in [1.165, 1.54) is 19.3 Å². The summed E-state index contributed by atoms with van der Waals surface area (Å²) < 4.78 is 0. The first kappa shape index (κ1) is 11.4. The van der Waals surface area contributed by atoms with Crippen molar-refractivity contribution in [3.8, 4) is 0 Å². The summed E-state index contributed by atoms with van der Waals surface area (Å²) in [6.45, 7) is 4.19. The number of hydrogen-bond acceptors (Lipinski definition) is 4. The van der Waals surface area contributed by atoms with Gasteiger partial charge in [0.1, 0.15) is 0 Å². The van der Waals surface area contributed by atoms with Crippen molar-refractivity contribution in [2.75, 3.05) is 18.5 Å². The highest BCUT2D eigenvalue weighted by atomic mass is 15.5. The van der Waals surface area contributed by atoms with Crippen LogP contribution in [0, 0.1) is 6.92 Å². The quantitative estimate of drug-likeness (QED) is 0.879. The number of nitrogens with zero attached hydrogens (tertiary/aromatic N) is 3. The van der Waals surface area contributed by atoms with Gasteiger partial charge in [0.15, 0.2) is 5.82 Å². The molecule has 0 bridgehead atoms. The van der Waals surface area contributed by atoms with E-state index in [1.807, 2.05) is 31.2 Å². The smallest absolute Gasteiger partial charge is 0.162 e. The predicted molar refractivity (Wildman–Crippen MR) is 73.3 cm³/mol. The van der Waals surface area contributed by atoms with Crippen molar-refractivity contribution in [3.05, 3.63) is 30.0 Å². The Hall–Kier alpha value is -1.68. The Morgan fingerprint density at radius 1 is 1.00 bits per heavy atom. The lowest BCUT2D eigenvalue weighted by molar-refractivity contribution is 0.272. The van der Waals surface area contributed by atoms with Crippen LogP contribution in [0.3, 0.4) is 0 Å². The maximum Gasteiger partial charge on any atom is 0.162 e. The van der Waals surface area contributed by atoms with E-state index in [0.29, 0.717) is 0 Å². The van der Waals surface area contributed by atoms with Gasteiger partial charge in [0.25, 0.3) is 0 Å². The molecule has 0 atom stereocenters. The van der Waals surface area contributed by atoms with Crippen molar-refractivity contribution in [1.82, 2.24) is 15.0 Å². The predicted octanol–water partition coefficient (Wildman–Crippen LogP) is 2.75. The van der Waals surface area contributed by atoms with Gasteiger partial charge in [0.2, 0.25) is 0 Å². The van der Waals surface area contributed by atoms with Crippen molar-refractivity contribution in [1.29, 1.82) is 0 Å². The van der Waals surface area contributed by atoms with E-state index in [9.17, 15) is 0 Å². The molecule has 1 aromatic heterocycles. The summed E-state index contributed by atoms with van der Waals surface area (Å²) in [5.41, 5.74) is 6.26. The molecule has 18 heavy (non-hydrogen) atoms. The molecule has 1 fully saturated rings. The van der Waals surface area contributed by atoms with Gasteiger partial charge in [-0.2, -0.15) is 0 Å². The first-order valence-corrected chi connectivity index (χ1v) is 6.58. The van der Waals surface area contributed by atoms with Crippen LogP contribution in [-0.2, 0) is 0 Å². The Morgan fingerprint density at radius 3 is 2.39 bits per heavy atom. The molecule has 3 rings (SSSR count). The molecule has 0 aliphatic carbocycles. The normalized spacial score (nSPS) is 16.9. The maximum absolute atomic E-state index is 4.65. The molecule has 1 saturated heterocycles. The molecule has 1 aliphatic rings. The van der Waals surface area contributed by atoms with Gasteiger partial charge in [-0.1, -0.05) is 18.6 Å². The maximum atomic E-state index is 4.65. The highest BCUT2D eigenvalue weighted by Gasteiger charge is 2.12. The molecule has 2 aromatic rings. The van der Waals surface area contributed by atoms with Crippen molar-refractivity contribution in [2.24, 2.45) is 0 Å². The van der Waals surface area contributed by atoms with Gasteiger partial charge in [-0.25, -0.2) is 15.0 Å². The van der Waals surface area contributed by atoms with Gasteiger partial charge in [-0.05, 0) is 31.9 Å². The summed E-state index contributed by atoms with van der Waals surface area (Å²) >= 11 is 0. The Kier molecular flexibility index (Phi) is 3.11. The number of aromatic nitrogens is 2. The second kappa shape index (κ2) is 4.90. The van der Waals surface area contributed by atoms with Crippen LogP contribution in [0.1, 0.15) is 25.0 Å². The van der Waals surface area contributed by atoms with Crippen LogP contribution >= 0.6 is 0 Å². The molecular formula is C14H18N4. The molecular weight excluding hydrogens is 224 g/mol. The van der Waals surface area contributed by atoms with E-state index in [0.717, 1.165) is 35.6 Å². The van der Waals surface area contributed by atoms with Crippen molar-refractivity contribution in [2.45, 2.75) is 26.2 Å². The summed E-state index contributed by atoms with van der Waals surface area (Å²) in [4.78, 5) is 9.24. The van der Waals surface area contributed by atoms with Crippen molar-refractivity contribution in [3.63, 3.8) is 0 Å². The summed E-state index contributed by atoms with van der Waals surface area (Å²) in [7, 11) is 0. The molecule has 1 aliphatic heterocycles. The molecule has 4 nitrogen and oxygen atoms in total. The highest BCUT2D eigenvalue weighted by Crippen LogP contribution is 2.18. The largest absolute Gasteiger partial charge is 0.302 e. The zero-order valence-corrected chi connectivity index (χ0v) is 10.7. The minimum atomic E-state index is 0.885. The zero-order chi connectivity index (χ0) is 12.4. The third kappa shape index (κ3) is 2.29. The van der Waals surface area contributed by atoms with Crippen LogP contribution in [0.4, 0.5) is 5.82 Å². The zero-order valence-electron chi connectivity index (χ0n) is 10.7. The summed E-state index contributed by atoms with van der Waals surface area (Å²) in [6.07, 6.45) is 3.85. The van der Waals surface area contributed by atoms with Crippen molar-refractivity contribution >= 4 is 16.9 Å². The van der Waals surface area contributed by atoms with Gasteiger partial charge in [0.05, 0.1) is 16.7 Å². The lowest BCUT2D eigenvalue weighted by Gasteiger charge is -2.27. The van der Waals surface area contributed by atoms with E-state index in [2.05, 4.69) is 20.4 Å². The topological polar surface area (TPSA) is 41.1 Å². The lowest BCUT2D eigenvalue weighted by atomic mass is 10.2. The number of aryl methyl sites for hydroxylation is 1. The summed E-state index contributed by atoms with van der Waals surface area (Å²) in [5, 5.41) is 2.25. The molecule has 0 radical (unpaired) electrons. The number of anilines is 1. The summed E-state index contributed by atoms with van der Waals surface area (Å²) in [5.74, 6) is 0.885. The van der Waals surface area contributed by atoms with Crippen LogP contribution in [0.2, 0.25) is 0 Å². The van der Waals surface area contributed by atoms with Crippen molar-refractivity contribution < 1.29 is 0 Å². The molecule has 0 spiro atoms. The Balaban J connectivity index is 1.88. The molecule has 4 heteroatoms. The average Bonchev–Trinajstić information content (AvgIpc) is 2.41. The van der Waals surface area contributed by atoms with Gasteiger partial charge in [-0.15, -0.1) is 0 Å². The van der Waals surface area contributed by atoms with E-state index >= 15 is 0 Å². The van der Waals surface area contributed by atoms with Crippen LogP contribution in [0.25, 0.3) is 11.0 Å². The number of piperidine rings is 1.